The van der Waals surface area contributed by atoms with Gasteiger partial charge in [0.25, 0.3) is 5.79 Å². The van der Waals surface area contributed by atoms with Gasteiger partial charge in [0.05, 0.1) is 18.8 Å². The molecule has 0 unspecified atom stereocenters. The number of rotatable bonds is 7. The number of hydrogen-bond donors (Lipinski definition) is 6. The van der Waals surface area contributed by atoms with Crippen molar-refractivity contribution in [2.24, 2.45) is 0 Å². The Morgan fingerprint density at radius 3 is 2.72 bits per heavy atom. The van der Waals surface area contributed by atoms with Gasteiger partial charge in [0, 0.05) is 34.9 Å². The van der Waals surface area contributed by atoms with Gasteiger partial charge in [0.2, 0.25) is 5.91 Å². The van der Waals surface area contributed by atoms with Crippen molar-refractivity contribution in [3.8, 4) is 5.75 Å². The summed E-state index contributed by atoms with van der Waals surface area (Å²) in [5.41, 5.74) is 0.631. The van der Waals surface area contributed by atoms with E-state index in [0.29, 0.717) is 15.4 Å². The molecule has 6 N–H and O–H groups in total. The smallest absolute Gasteiger partial charge is 0.543 e. The summed E-state index contributed by atoms with van der Waals surface area (Å²) < 4.78 is 11.9. The number of benzene rings is 1. The van der Waals surface area contributed by atoms with Gasteiger partial charge in [-0.1, -0.05) is 15.9 Å². The second-order valence-electron chi connectivity index (χ2n) is 7.31. The fourth-order valence-corrected chi connectivity index (χ4v) is 3.91. The zero-order valence-electron chi connectivity index (χ0n) is 17.3. The molecule has 2 heterocycles. The zero-order valence-corrected chi connectivity index (χ0v) is 20.9. The van der Waals surface area contributed by atoms with E-state index < -0.39 is 61.1 Å². The molecule has 2 aromatic rings. The topological polar surface area (TPSA) is 184 Å². The van der Waals surface area contributed by atoms with Gasteiger partial charge in [-0.25, -0.2) is 0 Å². The van der Waals surface area contributed by atoms with Crippen molar-refractivity contribution in [2.45, 2.75) is 49.6 Å². The molecule has 0 radical (unpaired) electrons. The number of aliphatic carboxylic acids is 1. The van der Waals surface area contributed by atoms with Crippen LogP contribution in [-0.2, 0) is 14.3 Å². The van der Waals surface area contributed by atoms with Crippen molar-refractivity contribution < 1.29 is 74.2 Å². The first-order valence-electron chi connectivity index (χ1n) is 9.35. The van der Waals surface area contributed by atoms with E-state index >= 15 is 0 Å². The first kappa shape index (κ1) is 27.0. The molecule has 1 aliphatic heterocycles. The van der Waals surface area contributed by atoms with E-state index in [2.05, 4.69) is 26.2 Å². The molecule has 32 heavy (non-hydrogen) atoms. The van der Waals surface area contributed by atoms with Crippen molar-refractivity contribution in [1.82, 2.24) is 10.3 Å². The number of carbonyl (C=O) groups is 2. The fraction of sp³-hybridized carbons (Fsp3) is 0.474. The molecule has 1 aromatic carbocycles. The standard InChI is InChI=1S/C19H23BrN2O9.Na/c1-8(24)22-15-12(25)5-19(18(28)29,31-17(15)16(27)13(26)7-23)30-14-6-21-11-3-2-9(20)4-10(11)14;/h2-4,6,12-13,15-17,21,23,25-27H,5,7H2,1H3,(H,22,24)(H,28,29);/q;+1/p-1/t12-,13+,15+,16+,17+,19+;/m0./s1. The van der Waals surface area contributed by atoms with Crippen LogP contribution in [0.15, 0.2) is 28.9 Å². The Balaban J connectivity index is 0.00000363. The Labute approximate surface area is 213 Å². The Morgan fingerprint density at radius 1 is 1.44 bits per heavy atom. The monoisotopic (exact) mass is 524 g/mol. The first-order valence-corrected chi connectivity index (χ1v) is 10.1. The summed E-state index contributed by atoms with van der Waals surface area (Å²) in [6.07, 6.45) is -6.07. The summed E-state index contributed by atoms with van der Waals surface area (Å²) >= 11 is 3.32. The SMILES string of the molecule is CC(=O)N[C@H]1[C@H]([C@H](O)[C@H](O)CO)O[C@@](Oc2c[nH]c3ccc(Br)cc23)(C(=O)[O-])C[C@@H]1O.[Na+]. The number of nitrogens with one attached hydrogen (secondary N) is 2. The fourth-order valence-electron chi connectivity index (χ4n) is 3.55. The molecule has 0 aliphatic carbocycles. The largest absolute Gasteiger partial charge is 1.00 e. The molecular weight excluding hydrogens is 503 g/mol. The van der Waals surface area contributed by atoms with E-state index in [0.717, 1.165) is 6.92 Å². The van der Waals surface area contributed by atoms with E-state index in [1.165, 1.54) is 6.20 Å². The average molecular weight is 525 g/mol. The van der Waals surface area contributed by atoms with Crippen LogP contribution in [0.25, 0.3) is 10.9 Å². The quantitative estimate of drug-likeness (QED) is 0.193. The normalized spacial score (nSPS) is 27.2. The van der Waals surface area contributed by atoms with Gasteiger partial charge in [-0.3, -0.25) is 4.79 Å². The van der Waals surface area contributed by atoms with Crippen LogP contribution < -0.4 is 44.7 Å². The van der Waals surface area contributed by atoms with E-state index in [4.69, 9.17) is 9.47 Å². The number of halogens is 1. The number of amides is 1. The van der Waals surface area contributed by atoms with Gasteiger partial charge in [0.15, 0.2) is 0 Å². The predicted molar refractivity (Wildman–Crippen MR) is 107 cm³/mol. The number of aromatic amines is 1. The number of carbonyl (C=O) groups excluding carboxylic acids is 2. The van der Waals surface area contributed by atoms with E-state index in [-0.39, 0.29) is 35.3 Å². The van der Waals surface area contributed by atoms with Crippen molar-refractivity contribution in [2.75, 3.05) is 6.61 Å². The second-order valence-corrected chi connectivity index (χ2v) is 8.22. The molecule has 13 heteroatoms. The third-order valence-corrected chi connectivity index (χ3v) is 5.55. The second kappa shape index (κ2) is 10.8. The maximum Gasteiger partial charge on any atom is 1.00 e. The molecule has 0 spiro atoms. The van der Waals surface area contributed by atoms with Crippen LogP contribution in [-0.4, -0.2) is 80.1 Å². The number of hydrogen-bond acceptors (Lipinski definition) is 9. The van der Waals surface area contributed by atoms with Gasteiger partial charge in [0.1, 0.15) is 30.0 Å². The number of fused-ring (bicyclic) bond motifs is 1. The van der Waals surface area contributed by atoms with Gasteiger partial charge >= 0.3 is 29.6 Å². The minimum Gasteiger partial charge on any atom is -0.543 e. The van der Waals surface area contributed by atoms with Crippen LogP contribution in [0.3, 0.4) is 0 Å². The number of carboxylic acid groups (broad SMARTS) is 1. The summed E-state index contributed by atoms with van der Waals surface area (Å²) in [6, 6.07) is 3.87. The van der Waals surface area contributed by atoms with Gasteiger partial charge in [-0.2, -0.15) is 0 Å². The van der Waals surface area contributed by atoms with Crippen LogP contribution in [0.4, 0.5) is 0 Å². The molecule has 11 nitrogen and oxygen atoms in total. The molecule has 1 aromatic heterocycles. The summed E-state index contributed by atoms with van der Waals surface area (Å²) in [6.45, 7) is 0.277. The molecule has 3 rings (SSSR count). The maximum absolute atomic E-state index is 12.1. The molecular formula is C19H22BrN2NaO9. The summed E-state index contributed by atoms with van der Waals surface area (Å²) in [5, 5.41) is 55.1. The van der Waals surface area contributed by atoms with Crippen LogP contribution in [0.1, 0.15) is 13.3 Å². The molecule has 0 saturated carbocycles. The molecule has 1 saturated heterocycles. The van der Waals surface area contributed by atoms with E-state index in [1.54, 1.807) is 18.2 Å². The Kier molecular flexibility index (Phi) is 9.13. The number of carboxylic acids is 1. The third-order valence-electron chi connectivity index (χ3n) is 5.05. The summed E-state index contributed by atoms with van der Waals surface area (Å²) in [4.78, 5) is 26.6. The summed E-state index contributed by atoms with van der Waals surface area (Å²) in [7, 11) is 0. The van der Waals surface area contributed by atoms with Crippen molar-refractivity contribution in [1.29, 1.82) is 0 Å². The molecule has 6 atom stereocenters. The summed E-state index contributed by atoms with van der Waals surface area (Å²) in [5.74, 6) is -4.92. The van der Waals surface area contributed by atoms with Crippen molar-refractivity contribution >= 4 is 38.7 Å². The zero-order chi connectivity index (χ0) is 22.9. The Hall–Kier alpha value is -1.22. The van der Waals surface area contributed by atoms with Crippen LogP contribution in [0.5, 0.6) is 5.75 Å². The van der Waals surface area contributed by atoms with Crippen molar-refractivity contribution in [3.05, 3.63) is 28.9 Å². The molecule has 1 fully saturated rings. The maximum atomic E-state index is 12.1. The first-order chi connectivity index (χ1) is 14.6. The Bertz CT molecular complexity index is 973. The molecule has 170 valence electrons. The molecule has 1 amide bonds. The number of aromatic nitrogens is 1. The van der Waals surface area contributed by atoms with Gasteiger partial charge in [-0.15, -0.1) is 0 Å². The average Bonchev–Trinajstić information content (AvgIpc) is 3.09. The van der Waals surface area contributed by atoms with Crippen LogP contribution >= 0.6 is 15.9 Å². The van der Waals surface area contributed by atoms with Crippen LogP contribution in [0, 0.1) is 0 Å². The third kappa shape index (κ3) is 5.46. The van der Waals surface area contributed by atoms with Gasteiger partial charge < -0.3 is 50.1 Å². The van der Waals surface area contributed by atoms with Crippen molar-refractivity contribution in [3.63, 3.8) is 0 Å². The van der Waals surface area contributed by atoms with Crippen LogP contribution in [0.2, 0.25) is 0 Å². The number of aliphatic hydroxyl groups is 4. The van der Waals surface area contributed by atoms with E-state index in [9.17, 15) is 35.1 Å². The molecule has 1 aliphatic rings. The number of H-pyrrole nitrogens is 1. The Morgan fingerprint density at radius 2 is 2.12 bits per heavy atom. The number of aliphatic hydroxyl groups excluding tert-OH is 4. The minimum absolute atomic E-state index is 0. The van der Waals surface area contributed by atoms with E-state index in [1.807, 2.05) is 0 Å². The van der Waals surface area contributed by atoms with Gasteiger partial charge in [-0.05, 0) is 18.2 Å². The molecule has 0 bridgehead atoms. The predicted octanol–water partition coefficient (Wildman–Crippen LogP) is -4.87. The number of ether oxygens (including phenoxy) is 2. The minimum atomic E-state index is -2.56.